The van der Waals surface area contributed by atoms with Crippen molar-refractivity contribution in [3.05, 3.63) is 57.5 Å². The third kappa shape index (κ3) is 3.18. The van der Waals surface area contributed by atoms with Crippen molar-refractivity contribution in [1.29, 1.82) is 0 Å². The molecule has 0 radical (unpaired) electrons. The van der Waals surface area contributed by atoms with Crippen molar-refractivity contribution >= 4 is 38.9 Å². The van der Waals surface area contributed by atoms with Crippen molar-refractivity contribution in [3.8, 4) is 0 Å². The standard InChI is InChI=1S/C14H14BrClN2/c1-9(10-3-2-4-12(16)7-10)18-14-8-11(15)5-6-13(14)17/h2-9,18H,17H2,1H3. The first kappa shape index (κ1) is 13.2. The van der Waals surface area contributed by atoms with Crippen molar-refractivity contribution in [2.75, 3.05) is 11.1 Å². The van der Waals surface area contributed by atoms with E-state index in [-0.39, 0.29) is 6.04 Å². The number of nitrogen functional groups attached to an aromatic ring is 1. The van der Waals surface area contributed by atoms with Gasteiger partial charge >= 0.3 is 0 Å². The summed E-state index contributed by atoms with van der Waals surface area (Å²) in [6.07, 6.45) is 0. The molecule has 0 amide bonds. The molecule has 0 aliphatic heterocycles. The fourth-order valence-electron chi connectivity index (χ4n) is 1.75. The Balaban J connectivity index is 2.21. The Kier molecular flexibility index (Phi) is 4.15. The van der Waals surface area contributed by atoms with Gasteiger partial charge in [-0.1, -0.05) is 39.7 Å². The molecule has 0 aromatic heterocycles. The Morgan fingerprint density at radius 1 is 1.22 bits per heavy atom. The Bertz CT molecular complexity index is 557. The monoisotopic (exact) mass is 324 g/mol. The molecule has 0 fully saturated rings. The smallest absolute Gasteiger partial charge is 0.0589 e. The molecule has 0 bridgehead atoms. The number of anilines is 2. The van der Waals surface area contributed by atoms with Gasteiger partial charge in [-0.3, -0.25) is 0 Å². The highest BCUT2D eigenvalue weighted by Crippen LogP contribution is 2.28. The van der Waals surface area contributed by atoms with Gasteiger partial charge in [0, 0.05) is 15.5 Å². The first-order valence-electron chi connectivity index (χ1n) is 5.63. The topological polar surface area (TPSA) is 38.0 Å². The van der Waals surface area contributed by atoms with Crippen molar-refractivity contribution in [2.24, 2.45) is 0 Å². The Morgan fingerprint density at radius 3 is 2.72 bits per heavy atom. The second kappa shape index (κ2) is 5.63. The van der Waals surface area contributed by atoms with Gasteiger partial charge in [-0.05, 0) is 42.8 Å². The van der Waals surface area contributed by atoms with E-state index in [0.29, 0.717) is 0 Å². The van der Waals surface area contributed by atoms with E-state index in [1.54, 1.807) is 0 Å². The molecule has 94 valence electrons. The number of halogens is 2. The third-order valence-electron chi connectivity index (χ3n) is 2.74. The second-order valence-electron chi connectivity index (χ2n) is 4.15. The molecule has 2 nitrogen and oxygen atoms in total. The van der Waals surface area contributed by atoms with Crippen molar-refractivity contribution < 1.29 is 0 Å². The van der Waals surface area contributed by atoms with Crippen LogP contribution in [0, 0.1) is 0 Å². The zero-order valence-corrected chi connectivity index (χ0v) is 12.3. The summed E-state index contributed by atoms with van der Waals surface area (Å²) in [4.78, 5) is 0. The Labute approximate surface area is 120 Å². The summed E-state index contributed by atoms with van der Waals surface area (Å²) >= 11 is 9.43. The van der Waals surface area contributed by atoms with Crippen molar-refractivity contribution in [1.82, 2.24) is 0 Å². The van der Waals surface area contributed by atoms with Crippen LogP contribution in [-0.4, -0.2) is 0 Å². The Hall–Kier alpha value is -1.19. The van der Waals surface area contributed by atoms with Crippen molar-refractivity contribution in [2.45, 2.75) is 13.0 Å². The molecule has 0 aliphatic carbocycles. The molecule has 2 aromatic rings. The SMILES string of the molecule is CC(Nc1cc(Br)ccc1N)c1cccc(Cl)c1. The van der Waals surface area contributed by atoms with Crippen LogP contribution in [0.15, 0.2) is 46.9 Å². The van der Waals surface area contributed by atoms with E-state index in [4.69, 9.17) is 17.3 Å². The van der Waals surface area contributed by atoms with E-state index in [2.05, 4.69) is 28.2 Å². The van der Waals surface area contributed by atoms with Crippen LogP contribution in [0.3, 0.4) is 0 Å². The molecule has 2 aromatic carbocycles. The van der Waals surface area contributed by atoms with Gasteiger partial charge in [0.15, 0.2) is 0 Å². The van der Waals surface area contributed by atoms with Crippen LogP contribution in [0.1, 0.15) is 18.5 Å². The molecule has 0 heterocycles. The molecule has 1 unspecified atom stereocenters. The lowest BCUT2D eigenvalue weighted by molar-refractivity contribution is 0.885. The largest absolute Gasteiger partial charge is 0.397 e. The number of nitrogens with two attached hydrogens (primary N) is 1. The molecule has 0 saturated carbocycles. The highest BCUT2D eigenvalue weighted by molar-refractivity contribution is 9.10. The fourth-order valence-corrected chi connectivity index (χ4v) is 2.31. The maximum absolute atomic E-state index is 5.99. The number of nitrogens with one attached hydrogen (secondary N) is 1. The lowest BCUT2D eigenvalue weighted by Crippen LogP contribution is -2.08. The maximum atomic E-state index is 5.99. The van der Waals surface area contributed by atoms with Gasteiger partial charge in [0.1, 0.15) is 0 Å². The minimum atomic E-state index is 0.139. The molecule has 3 N–H and O–H groups in total. The molecule has 4 heteroatoms. The predicted octanol–water partition coefficient (Wildman–Crippen LogP) is 4.86. The average Bonchev–Trinajstić information content (AvgIpc) is 2.34. The third-order valence-corrected chi connectivity index (χ3v) is 3.46. The Morgan fingerprint density at radius 2 is 2.00 bits per heavy atom. The first-order chi connectivity index (χ1) is 8.56. The van der Waals surface area contributed by atoms with E-state index in [9.17, 15) is 0 Å². The van der Waals surface area contributed by atoms with E-state index < -0.39 is 0 Å². The second-order valence-corrected chi connectivity index (χ2v) is 5.50. The molecule has 1 atom stereocenters. The molecule has 0 spiro atoms. The van der Waals surface area contributed by atoms with Gasteiger partial charge < -0.3 is 11.1 Å². The van der Waals surface area contributed by atoms with Crippen LogP contribution >= 0.6 is 27.5 Å². The van der Waals surface area contributed by atoms with Crippen LogP contribution in [-0.2, 0) is 0 Å². The fraction of sp³-hybridized carbons (Fsp3) is 0.143. The van der Waals surface area contributed by atoms with E-state index >= 15 is 0 Å². The van der Waals surface area contributed by atoms with Gasteiger partial charge in [-0.25, -0.2) is 0 Å². The normalized spacial score (nSPS) is 12.2. The summed E-state index contributed by atoms with van der Waals surface area (Å²) in [7, 11) is 0. The average molecular weight is 326 g/mol. The minimum absolute atomic E-state index is 0.139. The summed E-state index contributed by atoms with van der Waals surface area (Å²) in [5, 5.41) is 4.12. The van der Waals surface area contributed by atoms with Crippen LogP contribution in [0.25, 0.3) is 0 Å². The molecular weight excluding hydrogens is 312 g/mol. The molecular formula is C14H14BrClN2. The van der Waals surface area contributed by atoms with E-state index in [1.807, 2.05) is 42.5 Å². The number of hydrogen-bond donors (Lipinski definition) is 2. The zero-order chi connectivity index (χ0) is 13.1. The quantitative estimate of drug-likeness (QED) is 0.791. The predicted molar refractivity (Wildman–Crippen MR) is 82.0 cm³/mol. The van der Waals surface area contributed by atoms with E-state index in [1.165, 1.54) is 0 Å². The van der Waals surface area contributed by atoms with Crippen molar-refractivity contribution in [3.63, 3.8) is 0 Å². The van der Waals surface area contributed by atoms with Crippen LogP contribution in [0.2, 0.25) is 5.02 Å². The first-order valence-corrected chi connectivity index (χ1v) is 6.80. The van der Waals surface area contributed by atoms with Gasteiger partial charge in [-0.2, -0.15) is 0 Å². The summed E-state index contributed by atoms with van der Waals surface area (Å²) in [6, 6.07) is 13.7. The summed E-state index contributed by atoms with van der Waals surface area (Å²) in [6.45, 7) is 2.08. The lowest BCUT2D eigenvalue weighted by atomic mass is 10.1. The van der Waals surface area contributed by atoms with Crippen LogP contribution in [0.4, 0.5) is 11.4 Å². The zero-order valence-electron chi connectivity index (χ0n) is 9.95. The highest BCUT2D eigenvalue weighted by Gasteiger charge is 2.08. The molecule has 0 saturated heterocycles. The molecule has 0 aliphatic rings. The number of benzene rings is 2. The maximum Gasteiger partial charge on any atom is 0.0589 e. The van der Waals surface area contributed by atoms with E-state index in [0.717, 1.165) is 26.4 Å². The van der Waals surface area contributed by atoms with Crippen LogP contribution in [0.5, 0.6) is 0 Å². The minimum Gasteiger partial charge on any atom is -0.397 e. The summed E-state index contributed by atoms with van der Waals surface area (Å²) < 4.78 is 0.998. The lowest BCUT2D eigenvalue weighted by Gasteiger charge is -2.17. The van der Waals surface area contributed by atoms with Gasteiger partial charge in [0.05, 0.1) is 11.4 Å². The number of hydrogen-bond acceptors (Lipinski definition) is 2. The van der Waals surface area contributed by atoms with Gasteiger partial charge in [-0.15, -0.1) is 0 Å². The van der Waals surface area contributed by atoms with Crippen LogP contribution < -0.4 is 11.1 Å². The van der Waals surface area contributed by atoms with Gasteiger partial charge in [0.2, 0.25) is 0 Å². The van der Waals surface area contributed by atoms with Gasteiger partial charge in [0.25, 0.3) is 0 Å². The number of rotatable bonds is 3. The summed E-state index contributed by atoms with van der Waals surface area (Å²) in [5.74, 6) is 0. The summed E-state index contributed by atoms with van der Waals surface area (Å²) in [5.41, 5.74) is 8.71. The molecule has 18 heavy (non-hydrogen) atoms. The highest BCUT2D eigenvalue weighted by atomic mass is 79.9. The molecule has 2 rings (SSSR count).